The maximum Gasteiger partial charge on any atom is 0.331 e. The largest absolute Gasteiger partial charge is 0.464 e. The number of esters is 1. The highest BCUT2D eigenvalue weighted by Gasteiger charge is 2.31. The Morgan fingerprint density at radius 1 is 1.57 bits per heavy atom. The van der Waals surface area contributed by atoms with Crippen molar-refractivity contribution < 1.29 is 28.9 Å². The average molecular weight is 316 g/mol. The molecule has 1 aromatic rings. The lowest BCUT2D eigenvalue weighted by Gasteiger charge is -2.21. The monoisotopic (exact) mass is 315 g/mol. The molecule has 2 N–H and O–H groups in total. The fourth-order valence-corrected chi connectivity index (χ4v) is 2.22. The molecular formula is C13H14ClNO6. The molecule has 1 aliphatic heterocycles. The summed E-state index contributed by atoms with van der Waals surface area (Å²) in [6.07, 6.45) is -1.01. The molecule has 0 aliphatic carbocycles. The predicted molar refractivity (Wildman–Crippen MR) is 72.2 cm³/mol. The number of aliphatic hydroxyl groups excluding tert-OH is 1. The summed E-state index contributed by atoms with van der Waals surface area (Å²) >= 11 is 6.02. The van der Waals surface area contributed by atoms with Crippen LogP contribution < -0.4 is 14.8 Å². The summed E-state index contributed by atoms with van der Waals surface area (Å²) in [4.78, 5) is 22.4. The van der Waals surface area contributed by atoms with Crippen molar-refractivity contribution in [3.63, 3.8) is 0 Å². The molecule has 0 fully saturated rings. The molecule has 1 aliphatic rings. The Balaban J connectivity index is 2.28. The van der Waals surface area contributed by atoms with Gasteiger partial charge < -0.3 is 24.6 Å². The molecule has 1 amide bonds. The van der Waals surface area contributed by atoms with E-state index < -0.39 is 18.1 Å². The molecule has 1 heterocycles. The number of halogens is 1. The van der Waals surface area contributed by atoms with Crippen molar-refractivity contribution in [3.05, 3.63) is 22.7 Å². The zero-order chi connectivity index (χ0) is 15.4. The van der Waals surface area contributed by atoms with E-state index in [1.165, 1.54) is 12.1 Å². The molecular weight excluding hydrogens is 302 g/mol. The summed E-state index contributed by atoms with van der Waals surface area (Å²) in [5, 5.41) is 12.8. The standard InChI is InChI=1S/C13H14ClNO6/c1-2-19-13(18)10(15-5-16)11(17)7-3-8(14)12-9(4-7)20-6-21-12/h3-5,10-11,17H,2,6H2,1H3,(H,15,16). The number of aliphatic hydroxyl groups is 1. The Morgan fingerprint density at radius 3 is 3.00 bits per heavy atom. The third-order valence-electron chi connectivity index (χ3n) is 2.89. The molecule has 2 unspecified atom stereocenters. The van der Waals surface area contributed by atoms with Crippen LogP contribution in [0.1, 0.15) is 18.6 Å². The van der Waals surface area contributed by atoms with Gasteiger partial charge in [0.05, 0.1) is 11.6 Å². The summed E-state index contributed by atoms with van der Waals surface area (Å²) in [7, 11) is 0. The lowest BCUT2D eigenvalue weighted by molar-refractivity contribution is -0.149. The van der Waals surface area contributed by atoms with Crippen LogP contribution in [0.15, 0.2) is 12.1 Å². The zero-order valence-corrected chi connectivity index (χ0v) is 11.9. The van der Waals surface area contributed by atoms with E-state index in [0.717, 1.165) is 0 Å². The summed E-state index contributed by atoms with van der Waals surface area (Å²) < 4.78 is 15.2. The highest BCUT2D eigenvalue weighted by Crippen LogP contribution is 2.41. The van der Waals surface area contributed by atoms with Gasteiger partial charge in [-0.1, -0.05) is 11.6 Å². The lowest BCUT2D eigenvalue weighted by atomic mass is 10.0. The van der Waals surface area contributed by atoms with E-state index in [0.29, 0.717) is 23.5 Å². The van der Waals surface area contributed by atoms with Crippen LogP contribution in [0.4, 0.5) is 0 Å². The number of hydrogen-bond acceptors (Lipinski definition) is 6. The van der Waals surface area contributed by atoms with Gasteiger partial charge in [0.2, 0.25) is 13.2 Å². The molecule has 114 valence electrons. The summed E-state index contributed by atoms with van der Waals surface area (Å²) in [5.74, 6) is -0.000186. The average Bonchev–Trinajstić information content (AvgIpc) is 2.93. The zero-order valence-electron chi connectivity index (χ0n) is 11.2. The second-order valence-corrected chi connectivity index (χ2v) is 4.60. The Labute approximate surface area is 125 Å². The maximum atomic E-state index is 11.8. The molecule has 0 radical (unpaired) electrons. The molecule has 0 bridgehead atoms. The molecule has 0 spiro atoms. The van der Waals surface area contributed by atoms with Gasteiger partial charge >= 0.3 is 5.97 Å². The van der Waals surface area contributed by atoms with E-state index in [-0.39, 0.29) is 18.4 Å². The second-order valence-electron chi connectivity index (χ2n) is 4.20. The number of carbonyl (C=O) groups excluding carboxylic acids is 2. The molecule has 7 nitrogen and oxygen atoms in total. The first-order chi connectivity index (χ1) is 10.1. The van der Waals surface area contributed by atoms with Crippen molar-refractivity contribution in [2.75, 3.05) is 13.4 Å². The van der Waals surface area contributed by atoms with Crippen LogP contribution in [0, 0.1) is 0 Å². The van der Waals surface area contributed by atoms with E-state index in [9.17, 15) is 14.7 Å². The van der Waals surface area contributed by atoms with Gasteiger partial charge in [0.15, 0.2) is 17.5 Å². The number of hydrogen-bond donors (Lipinski definition) is 2. The minimum absolute atomic E-state index is 0.0303. The highest BCUT2D eigenvalue weighted by atomic mass is 35.5. The van der Waals surface area contributed by atoms with Crippen LogP contribution in [-0.2, 0) is 14.3 Å². The minimum Gasteiger partial charge on any atom is -0.464 e. The van der Waals surface area contributed by atoms with Crippen LogP contribution in [-0.4, -0.2) is 36.9 Å². The van der Waals surface area contributed by atoms with Gasteiger partial charge in [-0.25, -0.2) is 4.79 Å². The van der Waals surface area contributed by atoms with Gasteiger partial charge in [-0.2, -0.15) is 0 Å². The summed E-state index contributed by atoms with van der Waals surface area (Å²) in [6.45, 7) is 1.78. The van der Waals surface area contributed by atoms with Crippen molar-refractivity contribution in [1.29, 1.82) is 0 Å². The second kappa shape index (κ2) is 6.64. The Kier molecular flexibility index (Phi) is 4.87. The quantitative estimate of drug-likeness (QED) is 0.595. The van der Waals surface area contributed by atoms with Gasteiger partial charge in [-0.15, -0.1) is 0 Å². The number of nitrogens with one attached hydrogen (secondary N) is 1. The first kappa shape index (κ1) is 15.4. The van der Waals surface area contributed by atoms with E-state index in [1.807, 2.05) is 0 Å². The number of ether oxygens (including phenoxy) is 3. The Bertz CT molecular complexity index is 550. The van der Waals surface area contributed by atoms with Crippen LogP contribution in [0.25, 0.3) is 0 Å². The summed E-state index contributed by atoms with van der Waals surface area (Å²) in [6, 6.07) is 1.70. The smallest absolute Gasteiger partial charge is 0.331 e. The van der Waals surface area contributed by atoms with Crippen LogP contribution in [0.3, 0.4) is 0 Å². The van der Waals surface area contributed by atoms with Crippen molar-refractivity contribution in [3.8, 4) is 11.5 Å². The van der Waals surface area contributed by atoms with Crippen LogP contribution >= 0.6 is 11.6 Å². The van der Waals surface area contributed by atoms with Crippen molar-refractivity contribution in [1.82, 2.24) is 5.32 Å². The molecule has 0 aromatic heterocycles. The minimum atomic E-state index is -1.33. The molecule has 2 atom stereocenters. The maximum absolute atomic E-state index is 11.8. The third-order valence-corrected chi connectivity index (χ3v) is 3.18. The number of carbonyl (C=O) groups is 2. The summed E-state index contributed by atoms with van der Waals surface area (Å²) in [5.41, 5.74) is 0.302. The first-order valence-electron chi connectivity index (χ1n) is 6.22. The molecule has 1 aromatic carbocycles. The van der Waals surface area contributed by atoms with E-state index in [4.69, 9.17) is 25.8 Å². The molecule has 0 saturated carbocycles. The van der Waals surface area contributed by atoms with E-state index in [2.05, 4.69) is 5.32 Å². The topological polar surface area (TPSA) is 94.1 Å². The number of benzene rings is 1. The van der Waals surface area contributed by atoms with Crippen molar-refractivity contribution in [2.24, 2.45) is 0 Å². The van der Waals surface area contributed by atoms with E-state index in [1.54, 1.807) is 6.92 Å². The molecule has 8 heteroatoms. The lowest BCUT2D eigenvalue weighted by Crippen LogP contribution is -2.42. The molecule has 2 rings (SSSR count). The predicted octanol–water partition coefficient (Wildman–Crippen LogP) is 0.780. The fraction of sp³-hybridized carbons (Fsp3) is 0.385. The van der Waals surface area contributed by atoms with Crippen molar-refractivity contribution >= 4 is 24.0 Å². The van der Waals surface area contributed by atoms with Gasteiger partial charge in [0.25, 0.3) is 0 Å². The Hall–Kier alpha value is -1.99. The van der Waals surface area contributed by atoms with Crippen LogP contribution in [0.5, 0.6) is 11.5 Å². The van der Waals surface area contributed by atoms with Gasteiger partial charge in [-0.05, 0) is 24.6 Å². The van der Waals surface area contributed by atoms with Gasteiger partial charge in [0.1, 0.15) is 6.10 Å². The van der Waals surface area contributed by atoms with Gasteiger partial charge in [-0.3, -0.25) is 4.79 Å². The highest BCUT2D eigenvalue weighted by molar-refractivity contribution is 6.32. The SMILES string of the molecule is CCOC(=O)C(NC=O)C(O)c1cc(Cl)c2c(c1)OCO2. The molecule has 21 heavy (non-hydrogen) atoms. The van der Waals surface area contributed by atoms with Gasteiger partial charge in [0, 0.05) is 0 Å². The number of rotatable bonds is 6. The number of amides is 1. The van der Waals surface area contributed by atoms with Crippen LogP contribution in [0.2, 0.25) is 5.02 Å². The third kappa shape index (κ3) is 3.20. The number of fused-ring (bicyclic) bond motifs is 1. The first-order valence-corrected chi connectivity index (χ1v) is 6.59. The normalized spacial score (nSPS) is 15.2. The molecule has 0 saturated heterocycles. The Morgan fingerprint density at radius 2 is 2.33 bits per heavy atom. The van der Waals surface area contributed by atoms with E-state index >= 15 is 0 Å². The van der Waals surface area contributed by atoms with Crippen molar-refractivity contribution in [2.45, 2.75) is 19.1 Å². The fourth-order valence-electron chi connectivity index (χ4n) is 1.94.